The lowest BCUT2D eigenvalue weighted by atomic mass is 9.58. The largest absolute Gasteiger partial charge is 0.492 e. The zero-order valence-electron chi connectivity index (χ0n) is 20.5. The Labute approximate surface area is 224 Å². The van der Waals surface area contributed by atoms with E-state index in [2.05, 4.69) is 39.4 Å². The maximum atomic E-state index is 12.6. The second-order valence-corrected chi connectivity index (χ2v) is 11.7. The highest BCUT2D eigenvalue weighted by molar-refractivity contribution is 7.89. The van der Waals surface area contributed by atoms with E-state index in [1.54, 1.807) is 14.0 Å². The topological polar surface area (TPSA) is 85.2 Å². The molecule has 10 heteroatoms. The smallest absolute Gasteiger partial charge is 0.244 e. The summed E-state index contributed by atoms with van der Waals surface area (Å²) < 4.78 is 35.2. The van der Waals surface area contributed by atoms with Gasteiger partial charge in [-0.2, -0.15) is 5.10 Å². The number of nitrogens with zero attached hydrogens (tertiary/aromatic N) is 2. The van der Waals surface area contributed by atoms with Crippen molar-refractivity contribution in [2.75, 3.05) is 19.7 Å². The van der Waals surface area contributed by atoms with Gasteiger partial charge < -0.3 is 10.1 Å². The highest BCUT2D eigenvalue weighted by Gasteiger charge is 2.47. The molecule has 0 saturated heterocycles. The number of aromatic nitrogens is 2. The summed E-state index contributed by atoms with van der Waals surface area (Å²) in [4.78, 5) is 0.190. The summed E-state index contributed by atoms with van der Waals surface area (Å²) in [5.41, 5.74) is 4.46. The molecule has 2 aliphatic rings. The molecule has 0 spiro atoms. The molecule has 0 amide bonds. The van der Waals surface area contributed by atoms with Gasteiger partial charge in [0, 0.05) is 36.3 Å². The molecule has 1 fully saturated rings. The van der Waals surface area contributed by atoms with Gasteiger partial charge in [0.25, 0.3) is 0 Å². The highest BCUT2D eigenvalue weighted by atomic mass is 35.5. The molecule has 194 valence electrons. The first-order valence-corrected chi connectivity index (χ1v) is 13.9. The maximum Gasteiger partial charge on any atom is 0.244 e. The van der Waals surface area contributed by atoms with Crippen molar-refractivity contribution in [2.24, 2.45) is 7.05 Å². The average molecular weight is 552 g/mol. The molecular weight excluding hydrogens is 519 g/mol. The molecule has 2 N–H and O–H groups in total. The Balaban J connectivity index is 0.00000304. The molecule has 1 aliphatic carbocycles. The SMILES string of the molecule is Cc1nn(C)cc1S(=O)(=O)NCCOc1ccc2c(c1)C(C1(c3ccc(Cl)cc3)CCC1)NCC2.Cl. The number of hydrogen-bond donors (Lipinski definition) is 2. The first-order chi connectivity index (χ1) is 16.8. The fraction of sp³-hybridized carbons (Fsp3) is 0.423. The van der Waals surface area contributed by atoms with E-state index in [1.807, 2.05) is 18.2 Å². The maximum absolute atomic E-state index is 12.6. The zero-order valence-corrected chi connectivity index (χ0v) is 22.8. The third kappa shape index (κ3) is 5.15. The van der Waals surface area contributed by atoms with Gasteiger partial charge in [-0.05, 0) is 73.7 Å². The molecule has 1 saturated carbocycles. The number of ether oxygens (including phenoxy) is 1. The predicted molar refractivity (Wildman–Crippen MR) is 144 cm³/mol. The summed E-state index contributed by atoms with van der Waals surface area (Å²) in [5, 5.41) is 8.65. The van der Waals surface area contributed by atoms with Crippen molar-refractivity contribution >= 4 is 34.0 Å². The van der Waals surface area contributed by atoms with Gasteiger partial charge in [0.05, 0.1) is 5.69 Å². The van der Waals surface area contributed by atoms with Gasteiger partial charge in [-0.3, -0.25) is 4.68 Å². The van der Waals surface area contributed by atoms with Gasteiger partial charge in [0.2, 0.25) is 10.0 Å². The van der Waals surface area contributed by atoms with Crippen LogP contribution < -0.4 is 14.8 Å². The first kappa shape index (κ1) is 26.9. The van der Waals surface area contributed by atoms with Crippen LogP contribution in [0.5, 0.6) is 5.75 Å². The van der Waals surface area contributed by atoms with Crippen LogP contribution in [0.2, 0.25) is 5.02 Å². The molecular formula is C26H32Cl2N4O3S. The lowest BCUT2D eigenvalue weighted by molar-refractivity contribution is 0.164. The minimum absolute atomic E-state index is 0. The van der Waals surface area contributed by atoms with E-state index < -0.39 is 10.0 Å². The van der Waals surface area contributed by atoms with Gasteiger partial charge in [0.15, 0.2) is 0 Å². The Morgan fingerprint density at radius 2 is 1.97 bits per heavy atom. The van der Waals surface area contributed by atoms with Crippen LogP contribution in [0.4, 0.5) is 0 Å². The highest BCUT2D eigenvalue weighted by Crippen LogP contribution is 2.53. The van der Waals surface area contributed by atoms with Crippen molar-refractivity contribution in [1.82, 2.24) is 19.8 Å². The molecule has 1 aromatic heterocycles. The molecule has 2 heterocycles. The van der Waals surface area contributed by atoms with Crippen molar-refractivity contribution in [3.8, 4) is 5.75 Å². The van der Waals surface area contributed by atoms with E-state index in [0.717, 1.165) is 36.6 Å². The van der Waals surface area contributed by atoms with E-state index in [9.17, 15) is 8.42 Å². The number of halogens is 2. The number of hydrogen-bond acceptors (Lipinski definition) is 5. The Morgan fingerprint density at radius 1 is 1.22 bits per heavy atom. The van der Waals surface area contributed by atoms with Gasteiger partial charge >= 0.3 is 0 Å². The normalized spacial score (nSPS) is 18.6. The number of sulfonamides is 1. The van der Waals surface area contributed by atoms with Crippen molar-refractivity contribution in [3.05, 3.63) is 76.1 Å². The molecule has 0 bridgehead atoms. The standard InChI is InChI=1S/C26H31ClN4O3S.ClH/c1-18-24(17-31(2)30-18)35(32,33)29-14-15-34-22-9-4-19-10-13-28-25(23(19)16-22)26(11-3-12-26)20-5-7-21(27)8-6-20;/h4-9,16-17,25,28-29H,3,10-15H2,1-2H3;1H. The predicted octanol–water partition coefficient (Wildman–Crippen LogP) is 4.47. The van der Waals surface area contributed by atoms with Crippen molar-refractivity contribution in [3.63, 3.8) is 0 Å². The monoisotopic (exact) mass is 550 g/mol. The number of benzene rings is 2. The number of aryl methyl sites for hydroxylation is 2. The van der Waals surface area contributed by atoms with Crippen LogP contribution >= 0.6 is 24.0 Å². The third-order valence-electron chi connectivity index (χ3n) is 7.31. The van der Waals surface area contributed by atoms with Gasteiger partial charge in [0.1, 0.15) is 17.3 Å². The van der Waals surface area contributed by atoms with Crippen LogP contribution in [0.1, 0.15) is 47.7 Å². The van der Waals surface area contributed by atoms with Crippen LogP contribution in [0, 0.1) is 6.92 Å². The number of rotatable bonds is 8. The molecule has 5 rings (SSSR count). The average Bonchev–Trinajstić information content (AvgIpc) is 3.16. The molecule has 7 nitrogen and oxygen atoms in total. The number of nitrogens with one attached hydrogen (secondary N) is 2. The summed E-state index contributed by atoms with van der Waals surface area (Å²) in [5.74, 6) is 0.750. The quantitative estimate of drug-likeness (QED) is 0.404. The summed E-state index contributed by atoms with van der Waals surface area (Å²) in [6.45, 7) is 3.03. The lowest BCUT2D eigenvalue weighted by Crippen LogP contribution is -2.49. The van der Waals surface area contributed by atoms with Crippen molar-refractivity contribution < 1.29 is 13.2 Å². The van der Waals surface area contributed by atoms with E-state index in [4.69, 9.17) is 16.3 Å². The van der Waals surface area contributed by atoms with E-state index in [-0.39, 0.29) is 41.9 Å². The molecule has 0 radical (unpaired) electrons. The summed E-state index contributed by atoms with van der Waals surface area (Å²) in [7, 11) is -1.93. The van der Waals surface area contributed by atoms with Crippen LogP contribution in [0.25, 0.3) is 0 Å². The van der Waals surface area contributed by atoms with E-state index in [1.165, 1.54) is 34.0 Å². The first-order valence-electron chi connectivity index (χ1n) is 12.0. The lowest BCUT2D eigenvalue weighted by Gasteiger charge is -2.50. The fourth-order valence-electron chi connectivity index (χ4n) is 5.46. The second-order valence-electron chi connectivity index (χ2n) is 9.51. The zero-order chi connectivity index (χ0) is 24.6. The van der Waals surface area contributed by atoms with Crippen LogP contribution in [0.15, 0.2) is 53.6 Å². The minimum atomic E-state index is -3.63. The summed E-state index contributed by atoms with van der Waals surface area (Å²) in [6.07, 6.45) is 5.96. The number of fused-ring (bicyclic) bond motifs is 1. The van der Waals surface area contributed by atoms with Crippen molar-refractivity contribution in [1.29, 1.82) is 0 Å². The van der Waals surface area contributed by atoms with Crippen LogP contribution in [0.3, 0.4) is 0 Å². The Bertz CT molecular complexity index is 1320. The van der Waals surface area contributed by atoms with E-state index >= 15 is 0 Å². The van der Waals surface area contributed by atoms with Gasteiger partial charge in [-0.1, -0.05) is 36.2 Å². The fourth-order valence-corrected chi connectivity index (χ4v) is 6.82. The molecule has 3 aromatic rings. The Hall–Kier alpha value is -2.10. The Morgan fingerprint density at radius 3 is 2.61 bits per heavy atom. The summed E-state index contributed by atoms with van der Waals surface area (Å²) >= 11 is 6.16. The third-order valence-corrected chi connectivity index (χ3v) is 9.13. The second kappa shape index (κ2) is 10.7. The van der Waals surface area contributed by atoms with E-state index in [0.29, 0.717) is 5.69 Å². The Kier molecular flexibility index (Phi) is 8.02. The van der Waals surface area contributed by atoms with Gasteiger partial charge in [-0.15, -0.1) is 12.4 Å². The van der Waals surface area contributed by atoms with Crippen LogP contribution in [-0.4, -0.2) is 37.9 Å². The molecule has 1 unspecified atom stereocenters. The summed E-state index contributed by atoms with van der Waals surface area (Å²) in [6, 6.07) is 14.7. The molecule has 2 aromatic carbocycles. The molecule has 1 aliphatic heterocycles. The van der Waals surface area contributed by atoms with Crippen molar-refractivity contribution in [2.45, 2.75) is 49.0 Å². The molecule has 36 heavy (non-hydrogen) atoms. The minimum Gasteiger partial charge on any atom is -0.492 e. The molecule has 1 atom stereocenters. The van der Waals surface area contributed by atoms with Gasteiger partial charge in [-0.25, -0.2) is 13.1 Å². The van der Waals surface area contributed by atoms with Crippen LogP contribution in [-0.2, 0) is 28.9 Å².